The lowest BCUT2D eigenvalue weighted by Crippen LogP contribution is -2.48. The highest BCUT2D eigenvalue weighted by atomic mass is 16.4. The van der Waals surface area contributed by atoms with Gasteiger partial charge in [-0.1, -0.05) is 39.0 Å². The van der Waals surface area contributed by atoms with E-state index in [9.17, 15) is 14.7 Å². The zero-order valence-electron chi connectivity index (χ0n) is 12.7. The average Bonchev–Trinajstić information content (AvgIpc) is 2.63. The molecule has 0 radical (unpaired) electrons. The van der Waals surface area contributed by atoms with E-state index in [1.807, 2.05) is 6.92 Å². The molecule has 0 heterocycles. The van der Waals surface area contributed by atoms with Crippen LogP contribution in [-0.2, 0) is 4.79 Å². The summed E-state index contributed by atoms with van der Waals surface area (Å²) in [6, 6.07) is -0.134. The maximum absolute atomic E-state index is 11.8. The van der Waals surface area contributed by atoms with E-state index in [0.717, 1.165) is 38.5 Å². The van der Waals surface area contributed by atoms with Crippen LogP contribution in [0.1, 0.15) is 65.2 Å². The van der Waals surface area contributed by atoms with Gasteiger partial charge in [0, 0.05) is 12.6 Å². The Hall–Kier alpha value is -1.26. The second-order valence-electron chi connectivity index (χ2n) is 6.02. The first-order chi connectivity index (χ1) is 9.50. The topological polar surface area (TPSA) is 78.4 Å². The summed E-state index contributed by atoms with van der Waals surface area (Å²) in [6.07, 6.45) is 7.31. The van der Waals surface area contributed by atoms with E-state index in [1.54, 1.807) is 0 Å². The monoisotopic (exact) mass is 284 g/mol. The van der Waals surface area contributed by atoms with Gasteiger partial charge < -0.3 is 15.7 Å². The minimum Gasteiger partial charge on any atom is -0.481 e. The first-order valence-corrected chi connectivity index (χ1v) is 7.78. The maximum Gasteiger partial charge on any atom is 0.315 e. The standard InChI is InChI=1S/C15H28N2O3/c1-3-8-12(2)17-14(20)16-11-15(13(18)19)9-6-4-5-7-10-15/h12H,3-11H2,1-2H3,(H,18,19)(H2,16,17,20). The molecule has 0 aromatic heterocycles. The van der Waals surface area contributed by atoms with Gasteiger partial charge in [-0.15, -0.1) is 0 Å². The van der Waals surface area contributed by atoms with Gasteiger partial charge in [-0.05, 0) is 26.2 Å². The Morgan fingerprint density at radius 1 is 1.20 bits per heavy atom. The SMILES string of the molecule is CCCC(C)NC(=O)NCC1(C(=O)O)CCCCCC1. The highest BCUT2D eigenvalue weighted by Gasteiger charge is 2.38. The smallest absolute Gasteiger partial charge is 0.315 e. The summed E-state index contributed by atoms with van der Waals surface area (Å²) in [4.78, 5) is 23.4. The molecule has 1 aliphatic rings. The van der Waals surface area contributed by atoms with Gasteiger partial charge in [0.05, 0.1) is 5.41 Å². The van der Waals surface area contributed by atoms with Gasteiger partial charge in [0.15, 0.2) is 0 Å². The van der Waals surface area contributed by atoms with Crippen molar-refractivity contribution < 1.29 is 14.7 Å². The molecule has 116 valence electrons. The van der Waals surface area contributed by atoms with Gasteiger partial charge in [0.2, 0.25) is 0 Å². The van der Waals surface area contributed by atoms with Crippen LogP contribution in [0.3, 0.4) is 0 Å². The number of aliphatic carboxylic acids is 1. The van der Waals surface area contributed by atoms with E-state index < -0.39 is 11.4 Å². The van der Waals surface area contributed by atoms with E-state index in [1.165, 1.54) is 0 Å². The van der Waals surface area contributed by atoms with Crippen LogP contribution in [0.4, 0.5) is 4.79 Å². The molecule has 1 atom stereocenters. The fourth-order valence-electron chi connectivity index (χ4n) is 2.90. The molecule has 0 aliphatic heterocycles. The predicted molar refractivity (Wildman–Crippen MR) is 78.7 cm³/mol. The van der Waals surface area contributed by atoms with Crippen molar-refractivity contribution in [1.29, 1.82) is 0 Å². The number of urea groups is 1. The second-order valence-corrected chi connectivity index (χ2v) is 6.02. The Bertz CT molecular complexity index is 323. The number of carboxylic acid groups (broad SMARTS) is 1. The fraction of sp³-hybridized carbons (Fsp3) is 0.867. The minimum atomic E-state index is -0.777. The summed E-state index contributed by atoms with van der Waals surface area (Å²) in [5, 5.41) is 15.1. The van der Waals surface area contributed by atoms with E-state index in [2.05, 4.69) is 17.6 Å². The molecule has 0 aromatic rings. The Kier molecular flexibility index (Phi) is 6.82. The normalized spacial score (nSPS) is 19.7. The highest BCUT2D eigenvalue weighted by Crippen LogP contribution is 2.34. The lowest BCUT2D eigenvalue weighted by Gasteiger charge is -2.28. The number of nitrogens with one attached hydrogen (secondary N) is 2. The molecule has 5 nitrogen and oxygen atoms in total. The number of hydrogen-bond acceptors (Lipinski definition) is 2. The Labute approximate surface area is 121 Å². The molecule has 0 spiro atoms. The van der Waals surface area contributed by atoms with Gasteiger partial charge in [-0.3, -0.25) is 4.79 Å². The first-order valence-electron chi connectivity index (χ1n) is 7.78. The molecule has 3 N–H and O–H groups in total. The zero-order valence-corrected chi connectivity index (χ0v) is 12.7. The van der Waals surface area contributed by atoms with Crippen LogP contribution < -0.4 is 10.6 Å². The average molecular weight is 284 g/mol. The van der Waals surface area contributed by atoms with Crippen molar-refractivity contribution in [3.8, 4) is 0 Å². The van der Waals surface area contributed by atoms with Gasteiger partial charge in [0.1, 0.15) is 0 Å². The maximum atomic E-state index is 11.8. The number of hydrogen-bond donors (Lipinski definition) is 3. The van der Waals surface area contributed by atoms with Crippen LogP contribution in [-0.4, -0.2) is 29.7 Å². The zero-order chi connectivity index (χ0) is 15.0. The van der Waals surface area contributed by atoms with Crippen molar-refractivity contribution in [1.82, 2.24) is 10.6 Å². The van der Waals surface area contributed by atoms with E-state index in [4.69, 9.17) is 0 Å². The fourth-order valence-corrected chi connectivity index (χ4v) is 2.90. The summed E-state index contributed by atoms with van der Waals surface area (Å²) in [5.74, 6) is -0.777. The lowest BCUT2D eigenvalue weighted by molar-refractivity contribution is -0.149. The molecule has 0 aromatic carbocycles. The molecule has 2 amide bonds. The third-order valence-electron chi connectivity index (χ3n) is 4.20. The predicted octanol–water partition coefficient (Wildman–Crippen LogP) is 2.90. The number of carboxylic acids is 1. The summed E-state index contributed by atoms with van der Waals surface area (Å²) in [5.41, 5.74) is -0.776. The minimum absolute atomic E-state index is 0.120. The number of rotatable bonds is 6. The Morgan fingerprint density at radius 3 is 2.30 bits per heavy atom. The molecule has 20 heavy (non-hydrogen) atoms. The van der Waals surface area contributed by atoms with Crippen molar-refractivity contribution in [2.24, 2.45) is 5.41 Å². The summed E-state index contributed by atoms with van der Waals surface area (Å²) >= 11 is 0. The van der Waals surface area contributed by atoms with Crippen molar-refractivity contribution in [3.05, 3.63) is 0 Å². The molecule has 1 saturated carbocycles. The van der Waals surface area contributed by atoms with Gasteiger partial charge in [0.25, 0.3) is 0 Å². The quantitative estimate of drug-likeness (QED) is 0.656. The number of carbonyl (C=O) groups excluding carboxylic acids is 1. The molecular formula is C15H28N2O3. The van der Waals surface area contributed by atoms with Gasteiger partial charge >= 0.3 is 12.0 Å². The third-order valence-corrected chi connectivity index (χ3v) is 4.20. The largest absolute Gasteiger partial charge is 0.481 e. The lowest BCUT2D eigenvalue weighted by atomic mass is 9.80. The van der Waals surface area contributed by atoms with Crippen LogP contribution in [0.25, 0.3) is 0 Å². The molecule has 1 unspecified atom stereocenters. The van der Waals surface area contributed by atoms with Crippen molar-refractivity contribution in [2.45, 2.75) is 71.3 Å². The number of carbonyl (C=O) groups is 2. The molecule has 0 bridgehead atoms. The highest BCUT2D eigenvalue weighted by molar-refractivity contribution is 5.78. The first kappa shape index (κ1) is 16.8. The summed E-state index contributed by atoms with van der Waals surface area (Å²) < 4.78 is 0. The molecule has 1 fully saturated rings. The van der Waals surface area contributed by atoms with E-state index in [-0.39, 0.29) is 18.6 Å². The molecule has 1 aliphatic carbocycles. The number of amides is 2. The van der Waals surface area contributed by atoms with E-state index in [0.29, 0.717) is 12.8 Å². The summed E-state index contributed by atoms with van der Waals surface area (Å²) in [7, 11) is 0. The Balaban J connectivity index is 2.50. The van der Waals surface area contributed by atoms with Crippen molar-refractivity contribution in [2.75, 3.05) is 6.54 Å². The molecule has 0 saturated heterocycles. The van der Waals surface area contributed by atoms with Crippen LogP contribution in [0, 0.1) is 5.41 Å². The third kappa shape index (κ3) is 5.02. The van der Waals surface area contributed by atoms with Crippen LogP contribution >= 0.6 is 0 Å². The molecule has 5 heteroatoms. The summed E-state index contributed by atoms with van der Waals surface area (Å²) in [6.45, 7) is 4.26. The Morgan fingerprint density at radius 2 is 1.80 bits per heavy atom. The molecular weight excluding hydrogens is 256 g/mol. The van der Waals surface area contributed by atoms with Gasteiger partial charge in [-0.2, -0.15) is 0 Å². The van der Waals surface area contributed by atoms with Crippen molar-refractivity contribution >= 4 is 12.0 Å². The van der Waals surface area contributed by atoms with Crippen LogP contribution in [0.15, 0.2) is 0 Å². The second kappa shape index (κ2) is 8.12. The van der Waals surface area contributed by atoms with Crippen LogP contribution in [0.5, 0.6) is 0 Å². The van der Waals surface area contributed by atoms with Crippen LogP contribution in [0.2, 0.25) is 0 Å². The molecule has 1 rings (SSSR count). The van der Waals surface area contributed by atoms with Gasteiger partial charge in [-0.25, -0.2) is 4.79 Å². The van der Waals surface area contributed by atoms with Crippen molar-refractivity contribution in [3.63, 3.8) is 0 Å². The van der Waals surface area contributed by atoms with E-state index >= 15 is 0 Å².